The molecule has 0 N–H and O–H groups in total. The number of aromatic nitrogens is 4. The quantitative estimate of drug-likeness (QED) is 0.779. The van der Waals surface area contributed by atoms with Crippen molar-refractivity contribution < 1.29 is 9.15 Å². The molecule has 0 bridgehead atoms. The van der Waals surface area contributed by atoms with E-state index in [1.54, 1.807) is 6.20 Å². The average molecular weight is 344 g/mol. The molecule has 134 valence electrons. The normalized spacial score (nSPS) is 21.9. The fourth-order valence-electron chi connectivity index (χ4n) is 3.27. The van der Waals surface area contributed by atoms with Crippen LogP contribution < -0.4 is 4.90 Å². The minimum absolute atomic E-state index is 0.120. The summed E-state index contributed by atoms with van der Waals surface area (Å²) in [6.45, 7) is 3.89. The van der Waals surface area contributed by atoms with Gasteiger partial charge in [0.25, 0.3) is 0 Å². The monoisotopic (exact) mass is 344 g/mol. The van der Waals surface area contributed by atoms with E-state index in [0.29, 0.717) is 25.0 Å². The van der Waals surface area contributed by atoms with Crippen molar-refractivity contribution in [2.24, 2.45) is 0 Å². The Morgan fingerprint density at radius 3 is 2.96 bits per heavy atom. The first kappa shape index (κ1) is 16.4. The number of hydrogen-bond donors (Lipinski definition) is 0. The summed E-state index contributed by atoms with van der Waals surface area (Å²) in [6.07, 6.45) is 5.42. The van der Waals surface area contributed by atoms with Crippen molar-refractivity contribution in [2.75, 3.05) is 38.2 Å². The van der Waals surface area contributed by atoms with Crippen LogP contribution in [0.3, 0.4) is 0 Å². The fraction of sp³-hybridized carbons (Fsp3) is 0.647. The van der Waals surface area contributed by atoms with Crippen molar-refractivity contribution in [1.82, 2.24) is 25.3 Å². The highest BCUT2D eigenvalue weighted by Gasteiger charge is 2.27. The molecule has 2 aromatic heterocycles. The van der Waals surface area contributed by atoms with Gasteiger partial charge in [-0.3, -0.25) is 4.90 Å². The lowest BCUT2D eigenvalue weighted by Crippen LogP contribution is -2.46. The van der Waals surface area contributed by atoms with Crippen LogP contribution >= 0.6 is 0 Å². The van der Waals surface area contributed by atoms with Gasteiger partial charge in [-0.25, -0.2) is 0 Å². The Bertz CT molecular complexity index is 675. The number of likely N-dealkylation sites (N-methyl/N-ethyl adjacent to an activating group) is 1. The smallest absolute Gasteiger partial charge is 0.230 e. The van der Waals surface area contributed by atoms with Crippen molar-refractivity contribution in [1.29, 1.82) is 0 Å². The fourth-order valence-corrected chi connectivity index (χ4v) is 3.27. The predicted molar refractivity (Wildman–Crippen MR) is 91.2 cm³/mol. The third kappa shape index (κ3) is 3.96. The molecule has 1 saturated carbocycles. The van der Waals surface area contributed by atoms with Crippen LogP contribution in [0, 0.1) is 0 Å². The second-order valence-corrected chi connectivity index (χ2v) is 6.85. The Labute approximate surface area is 147 Å². The number of ether oxygens (including phenoxy) is 1. The van der Waals surface area contributed by atoms with E-state index in [4.69, 9.17) is 9.15 Å². The van der Waals surface area contributed by atoms with E-state index in [9.17, 15) is 0 Å². The predicted octanol–water partition coefficient (Wildman–Crippen LogP) is 1.46. The Morgan fingerprint density at radius 1 is 1.28 bits per heavy atom. The minimum Gasteiger partial charge on any atom is -0.424 e. The van der Waals surface area contributed by atoms with E-state index in [0.717, 1.165) is 31.3 Å². The maximum Gasteiger partial charge on any atom is 0.230 e. The Hall–Kier alpha value is -2.06. The molecule has 25 heavy (non-hydrogen) atoms. The molecule has 1 unspecified atom stereocenters. The first-order valence-corrected chi connectivity index (χ1v) is 8.93. The van der Waals surface area contributed by atoms with Gasteiger partial charge >= 0.3 is 0 Å². The topological polar surface area (TPSA) is 80.4 Å². The number of morpholine rings is 1. The lowest BCUT2D eigenvalue weighted by Gasteiger charge is -2.34. The lowest BCUT2D eigenvalue weighted by molar-refractivity contribution is -0.0289. The summed E-state index contributed by atoms with van der Waals surface area (Å²) in [7, 11) is 2.01. The molecule has 0 radical (unpaired) electrons. The molecular weight excluding hydrogens is 320 g/mol. The molecule has 1 atom stereocenters. The van der Waals surface area contributed by atoms with E-state index >= 15 is 0 Å². The molecule has 3 heterocycles. The maximum absolute atomic E-state index is 5.91. The van der Waals surface area contributed by atoms with Gasteiger partial charge in [0.15, 0.2) is 5.82 Å². The molecule has 0 aromatic carbocycles. The van der Waals surface area contributed by atoms with Crippen LogP contribution in [0.2, 0.25) is 0 Å². The van der Waals surface area contributed by atoms with Crippen LogP contribution in [0.5, 0.6) is 0 Å². The zero-order valence-electron chi connectivity index (χ0n) is 14.5. The summed E-state index contributed by atoms with van der Waals surface area (Å²) in [4.78, 5) is 4.39. The average Bonchev–Trinajstić information content (AvgIpc) is 3.02. The van der Waals surface area contributed by atoms with Gasteiger partial charge in [-0.2, -0.15) is 5.10 Å². The van der Waals surface area contributed by atoms with Crippen LogP contribution in [-0.2, 0) is 11.3 Å². The molecule has 1 saturated heterocycles. The zero-order chi connectivity index (χ0) is 17.1. The standard InChI is InChI=1S/C17H24N6O2/c1-22(15-6-3-7-18-19-15)10-14-11-23(8-9-24-14)12-16-20-21-17(25-16)13-4-2-5-13/h3,6-7,13-14H,2,4-5,8-12H2,1H3. The molecule has 2 aliphatic rings. The van der Waals surface area contributed by atoms with Gasteiger partial charge < -0.3 is 14.1 Å². The van der Waals surface area contributed by atoms with E-state index < -0.39 is 0 Å². The van der Waals surface area contributed by atoms with Gasteiger partial charge in [-0.1, -0.05) is 6.42 Å². The van der Waals surface area contributed by atoms with E-state index in [1.165, 1.54) is 19.3 Å². The van der Waals surface area contributed by atoms with Crippen LogP contribution in [-0.4, -0.2) is 64.7 Å². The van der Waals surface area contributed by atoms with Gasteiger partial charge in [-0.05, 0) is 25.0 Å². The van der Waals surface area contributed by atoms with Crippen LogP contribution in [0.4, 0.5) is 5.82 Å². The summed E-state index contributed by atoms with van der Waals surface area (Å²) in [5, 5.41) is 16.5. The largest absolute Gasteiger partial charge is 0.424 e. The van der Waals surface area contributed by atoms with Crippen LogP contribution in [0.15, 0.2) is 22.7 Å². The van der Waals surface area contributed by atoms with Crippen LogP contribution in [0.25, 0.3) is 0 Å². The molecule has 8 heteroatoms. The number of anilines is 1. The van der Waals surface area contributed by atoms with Crippen molar-refractivity contribution in [3.8, 4) is 0 Å². The van der Waals surface area contributed by atoms with Gasteiger partial charge in [-0.15, -0.1) is 15.3 Å². The SMILES string of the molecule is CN(CC1CN(Cc2nnc(C3CCC3)o2)CCO1)c1cccnn1. The first-order chi connectivity index (χ1) is 12.3. The third-order valence-electron chi connectivity index (χ3n) is 4.95. The summed E-state index contributed by atoms with van der Waals surface area (Å²) in [6, 6.07) is 3.84. The highest BCUT2D eigenvalue weighted by Crippen LogP contribution is 2.35. The van der Waals surface area contributed by atoms with Crippen molar-refractivity contribution in [3.63, 3.8) is 0 Å². The summed E-state index contributed by atoms with van der Waals surface area (Å²) >= 11 is 0. The molecule has 2 fully saturated rings. The minimum atomic E-state index is 0.120. The molecule has 2 aromatic rings. The van der Waals surface area contributed by atoms with E-state index in [-0.39, 0.29) is 6.10 Å². The number of hydrogen-bond acceptors (Lipinski definition) is 8. The van der Waals surface area contributed by atoms with Gasteiger partial charge in [0.1, 0.15) is 0 Å². The molecule has 4 rings (SSSR count). The van der Waals surface area contributed by atoms with E-state index in [1.807, 2.05) is 19.2 Å². The molecule has 0 spiro atoms. The Balaban J connectivity index is 1.30. The van der Waals surface area contributed by atoms with Crippen LogP contribution in [0.1, 0.15) is 37.0 Å². The summed E-state index contributed by atoms with van der Waals surface area (Å²) < 4.78 is 11.8. The molecular formula is C17H24N6O2. The van der Waals surface area contributed by atoms with Crippen molar-refractivity contribution in [3.05, 3.63) is 30.1 Å². The Morgan fingerprint density at radius 2 is 2.20 bits per heavy atom. The third-order valence-corrected chi connectivity index (χ3v) is 4.95. The van der Waals surface area contributed by atoms with Gasteiger partial charge in [0, 0.05) is 38.8 Å². The molecule has 1 aliphatic carbocycles. The second-order valence-electron chi connectivity index (χ2n) is 6.85. The highest BCUT2D eigenvalue weighted by atomic mass is 16.5. The molecule has 0 amide bonds. The number of rotatable bonds is 6. The highest BCUT2D eigenvalue weighted by molar-refractivity contribution is 5.35. The molecule has 1 aliphatic heterocycles. The molecule has 8 nitrogen and oxygen atoms in total. The van der Waals surface area contributed by atoms with Gasteiger partial charge in [0.05, 0.1) is 19.3 Å². The zero-order valence-corrected chi connectivity index (χ0v) is 14.5. The van der Waals surface area contributed by atoms with Crippen molar-refractivity contribution in [2.45, 2.75) is 37.8 Å². The van der Waals surface area contributed by atoms with E-state index in [2.05, 4.69) is 30.2 Å². The van der Waals surface area contributed by atoms with Gasteiger partial charge in [0.2, 0.25) is 11.8 Å². The lowest BCUT2D eigenvalue weighted by atomic mass is 9.85. The number of nitrogens with zero attached hydrogens (tertiary/aromatic N) is 6. The first-order valence-electron chi connectivity index (χ1n) is 8.93. The second kappa shape index (κ2) is 7.45. The maximum atomic E-state index is 5.91. The van der Waals surface area contributed by atoms with Crippen molar-refractivity contribution >= 4 is 5.82 Å². The summed E-state index contributed by atoms with van der Waals surface area (Å²) in [5.41, 5.74) is 0. The summed E-state index contributed by atoms with van der Waals surface area (Å²) in [5.74, 6) is 2.86. The Kier molecular flexibility index (Phi) is 4.89.